The first-order valence-electron chi connectivity index (χ1n) is 12.4. The Labute approximate surface area is 205 Å². The van der Waals surface area contributed by atoms with Gasteiger partial charge in [0.25, 0.3) is 5.91 Å². The number of morpholine rings is 1. The fraction of sp³-hybridized carbons (Fsp3) is 0.444. The van der Waals surface area contributed by atoms with E-state index < -0.39 is 0 Å². The van der Waals surface area contributed by atoms with Gasteiger partial charge in [0.1, 0.15) is 0 Å². The largest absolute Gasteiger partial charge is 0.469 e. The predicted molar refractivity (Wildman–Crippen MR) is 133 cm³/mol. The number of hydrogen-bond donors (Lipinski definition) is 1. The standard InChI is InChI=1S/C27H32N4O4/c1-34-26(33)21-8-10-22(11-9-21)31-24-17-19(18-30-13-15-35-16-14-30)7-12-23(24)28-27(31)29-25(32)20-5-3-2-4-6-20/h2-7,12,17,21-22H,8-11,13-16,18H2,1H3,(H,28,29,32). The van der Waals surface area contributed by atoms with Crippen molar-refractivity contribution in [2.24, 2.45) is 5.92 Å². The minimum absolute atomic E-state index is 0.0646. The number of nitrogens with one attached hydrogen (secondary N) is 1. The molecule has 1 amide bonds. The molecule has 2 aliphatic rings. The molecule has 8 heteroatoms. The second-order valence-electron chi connectivity index (χ2n) is 9.37. The Kier molecular flexibility index (Phi) is 7.11. The first-order valence-corrected chi connectivity index (χ1v) is 12.4. The number of esters is 1. The number of aromatic nitrogens is 2. The Hall–Kier alpha value is -3.23. The van der Waals surface area contributed by atoms with E-state index in [0.717, 1.165) is 69.6 Å². The van der Waals surface area contributed by atoms with E-state index in [1.165, 1.54) is 12.7 Å². The maximum absolute atomic E-state index is 13.0. The van der Waals surface area contributed by atoms with Gasteiger partial charge in [-0.2, -0.15) is 0 Å². The summed E-state index contributed by atoms with van der Waals surface area (Å²) in [6.45, 7) is 4.23. The van der Waals surface area contributed by atoms with Gasteiger partial charge in [-0.1, -0.05) is 24.3 Å². The van der Waals surface area contributed by atoms with Crippen LogP contribution >= 0.6 is 0 Å². The van der Waals surface area contributed by atoms with Crippen LogP contribution in [-0.4, -0.2) is 59.7 Å². The number of imidazole rings is 1. The van der Waals surface area contributed by atoms with Crippen molar-refractivity contribution in [1.82, 2.24) is 14.5 Å². The third-order valence-corrected chi connectivity index (χ3v) is 7.12. The van der Waals surface area contributed by atoms with Crippen LogP contribution in [0.5, 0.6) is 0 Å². The molecule has 3 aromatic rings. The van der Waals surface area contributed by atoms with E-state index in [1.54, 1.807) is 12.1 Å². The lowest BCUT2D eigenvalue weighted by molar-refractivity contribution is -0.146. The molecule has 0 spiro atoms. The zero-order chi connectivity index (χ0) is 24.2. The Balaban J connectivity index is 1.46. The molecule has 8 nitrogen and oxygen atoms in total. The number of fused-ring (bicyclic) bond motifs is 1. The number of amides is 1. The smallest absolute Gasteiger partial charge is 0.308 e. The molecule has 35 heavy (non-hydrogen) atoms. The number of nitrogens with zero attached hydrogens (tertiary/aromatic N) is 3. The predicted octanol–water partition coefficient (Wildman–Crippen LogP) is 4.03. The van der Waals surface area contributed by atoms with Crippen molar-refractivity contribution in [2.45, 2.75) is 38.3 Å². The van der Waals surface area contributed by atoms with E-state index in [2.05, 4.69) is 26.9 Å². The summed E-state index contributed by atoms with van der Waals surface area (Å²) in [7, 11) is 1.45. The fourth-order valence-electron chi connectivity index (χ4n) is 5.21. The molecule has 0 atom stereocenters. The Morgan fingerprint density at radius 1 is 1.06 bits per heavy atom. The van der Waals surface area contributed by atoms with E-state index >= 15 is 0 Å². The van der Waals surface area contributed by atoms with Crippen molar-refractivity contribution in [2.75, 3.05) is 38.7 Å². The van der Waals surface area contributed by atoms with Gasteiger partial charge in [0, 0.05) is 31.2 Å². The SMILES string of the molecule is COC(=O)C1CCC(n2c(NC(=O)c3ccccc3)nc3ccc(CN4CCOCC4)cc32)CC1. The van der Waals surface area contributed by atoms with Crippen LogP contribution in [-0.2, 0) is 20.8 Å². The number of rotatable bonds is 6. The molecule has 5 rings (SSSR count). The normalized spacial score (nSPS) is 21.1. The lowest BCUT2D eigenvalue weighted by atomic mass is 9.86. The Bertz CT molecular complexity index is 1180. The first kappa shape index (κ1) is 23.5. The van der Waals surface area contributed by atoms with Crippen molar-refractivity contribution >= 4 is 28.9 Å². The molecular weight excluding hydrogens is 444 g/mol. The highest BCUT2D eigenvalue weighted by atomic mass is 16.5. The minimum atomic E-state index is -0.182. The number of benzene rings is 2. The van der Waals surface area contributed by atoms with E-state index in [-0.39, 0.29) is 23.8 Å². The molecule has 1 aliphatic carbocycles. The zero-order valence-electron chi connectivity index (χ0n) is 20.1. The molecule has 0 bridgehead atoms. The summed E-state index contributed by atoms with van der Waals surface area (Å²) in [6.07, 6.45) is 3.17. The molecule has 1 N–H and O–H groups in total. The topological polar surface area (TPSA) is 85.7 Å². The highest BCUT2D eigenvalue weighted by molar-refractivity contribution is 6.04. The van der Waals surface area contributed by atoms with Gasteiger partial charge in [0.15, 0.2) is 0 Å². The van der Waals surface area contributed by atoms with Gasteiger partial charge >= 0.3 is 5.97 Å². The zero-order valence-corrected chi connectivity index (χ0v) is 20.1. The van der Waals surface area contributed by atoms with Crippen molar-refractivity contribution in [3.8, 4) is 0 Å². The van der Waals surface area contributed by atoms with Gasteiger partial charge in [-0.3, -0.25) is 19.8 Å². The maximum atomic E-state index is 13.0. The Morgan fingerprint density at radius 2 is 1.80 bits per heavy atom. The van der Waals surface area contributed by atoms with Crippen LogP contribution < -0.4 is 5.32 Å². The Morgan fingerprint density at radius 3 is 2.51 bits per heavy atom. The molecular formula is C27H32N4O4. The second kappa shape index (κ2) is 10.6. The number of carbonyl (C=O) groups is 2. The van der Waals surface area contributed by atoms with Crippen LogP contribution in [0.3, 0.4) is 0 Å². The van der Waals surface area contributed by atoms with Crippen molar-refractivity contribution in [3.63, 3.8) is 0 Å². The van der Waals surface area contributed by atoms with E-state index in [1.807, 2.05) is 24.3 Å². The average molecular weight is 477 g/mol. The lowest BCUT2D eigenvalue weighted by Gasteiger charge is -2.29. The summed E-state index contributed by atoms with van der Waals surface area (Å²) in [6, 6.07) is 15.7. The number of carbonyl (C=O) groups excluding carboxylic acids is 2. The van der Waals surface area contributed by atoms with Gasteiger partial charge in [-0.05, 0) is 55.5 Å². The van der Waals surface area contributed by atoms with Crippen LogP contribution in [0.4, 0.5) is 5.95 Å². The van der Waals surface area contributed by atoms with Crippen LogP contribution in [0.1, 0.15) is 47.6 Å². The van der Waals surface area contributed by atoms with E-state index in [0.29, 0.717) is 11.5 Å². The molecule has 0 radical (unpaired) electrons. The highest BCUT2D eigenvalue weighted by Gasteiger charge is 2.30. The minimum Gasteiger partial charge on any atom is -0.469 e. The number of methoxy groups -OCH3 is 1. The van der Waals surface area contributed by atoms with Crippen LogP contribution in [0.2, 0.25) is 0 Å². The maximum Gasteiger partial charge on any atom is 0.308 e. The monoisotopic (exact) mass is 476 g/mol. The molecule has 1 saturated carbocycles. The molecule has 1 aromatic heterocycles. The van der Waals surface area contributed by atoms with Crippen LogP contribution in [0, 0.1) is 5.92 Å². The molecule has 2 fully saturated rings. The summed E-state index contributed by atoms with van der Waals surface area (Å²) in [5.41, 5.74) is 3.67. The van der Waals surface area contributed by atoms with Crippen molar-refractivity contribution in [1.29, 1.82) is 0 Å². The third kappa shape index (κ3) is 5.23. The number of ether oxygens (including phenoxy) is 2. The van der Waals surface area contributed by atoms with Crippen molar-refractivity contribution in [3.05, 3.63) is 59.7 Å². The fourth-order valence-corrected chi connectivity index (χ4v) is 5.21. The molecule has 1 aliphatic heterocycles. The first-order chi connectivity index (χ1) is 17.1. The summed E-state index contributed by atoms with van der Waals surface area (Å²) in [5.74, 6) is 0.174. The van der Waals surface area contributed by atoms with Gasteiger partial charge in [0.05, 0.1) is 37.3 Å². The molecule has 184 valence electrons. The summed E-state index contributed by atoms with van der Waals surface area (Å²) >= 11 is 0. The van der Waals surface area contributed by atoms with Crippen LogP contribution in [0.15, 0.2) is 48.5 Å². The molecule has 0 unspecified atom stereocenters. The average Bonchev–Trinajstić information content (AvgIpc) is 3.26. The highest BCUT2D eigenvalue weighted by Crippen LogP contribution is 2.37. The summed E-state index contributed by atoms with van der Waals surface area (Å²) < 4.78 is 12.6. The molecule has 1 saturated heterocycles. The number of anilines is 1. The summed E-state index contributed by atoms with van der Waals surface area (Å²) in [5, 5.41) is 3.05. The van der Waals surface area contributed by atoms with Gasteiger partial charge in [0.2, 0.25) is 5.95 Å². The molecule has 2 aromatic carbocycles. The van der Waals surface area contributed by atoms with E-state index in [4.69, 9.17) is 14.5 Å². The van der Waals surface area contributed by atoms with Gasteiger partial charge < -0.3 is 14.0 Å². The van der Waals surface area contributed by atoms with Crippen LogP contribution in [0.25, 0.3) is 11.0 Å². The molecule has 2 heterocycles. The summed E-state index contributed by atoms with van der Waals surface area (Å²) in [4.78, 5) is 32.3. The second-order valence-corrected chi connectivity index (χ2v) is 9.37. The quantitative estimate of drug-likeness (QED) is 0.541. The third-order valence-electron chi connectivity index (χ3n) is 7.12. The van der Waals surface area contributed by atoms with Crippen molar-refractivity contribution < 1.29 is 19.1 Å². The van der Waals surface area contributed by atoms with Gasteiger partial charge in [-0.25, -0.2) is 4.98 Å². The number of hydrogen-bond acceptors (Lipinski definition) is 6. The van der Waals surface area contributed by atoms with Gasteiger partial charge in [-0.15, -0.1) is 0 Å². The lowest BCUT2D eigenvalue weighted by Crippen LogP contribution is -2.35. The van der Waals surface area contributed by atoms with E-state index in [9.17, 15) is 9.59 Å².